The van der Waals surface area contributed by atoms with Gasteiger partial charge in [-0.05, 0) is 24.0 Å². The Kier molecular flexibility index (Phi) is 3.18. The van der Waals surface area contributed by atoms with Gasteiger partial charge in [0.15, 0.2) is 0 Å². The van der Waals surface area contributed by atoms with Crippen molar-refractivity contribution in [3.63, 3.8) is 0 Å². The Labute approximate surface area is 135 Å². The van der Waals surface area contributed by atoms with Crippen LogP contribution < -0.4 is 10.2 Å². The Bertz CT molecular complexity index is 712. The molecule has 1 fully saturated rings. The molecule has 0 saturated carbocycles. The molecule has 2 aromatic rings. The molecule has 23 heavy (non-hydrogen) atoms. The van der Waals surface area contributed by atoms with Gasteiger partial charge in [-0.3, -0.25) is 0 Å². The van der Waals surface area contributed by atoms with E-state index in [0.29, 0.717) is 11.6 Å². The molecule has 2 bridgehead atoms. The van der Waals surface area contributed by atoms with Crippen LogP contribution in [0.25, 0.3) is 0 Å². The lowest BCUT2D eigenvalue weighted by atomic mass is 9.92. The lowest BCUT2D eigenvalue weighted by molar-refractivity contribution is 0.197. The van der Waals surface area contributed by atoms with Crippen molar-refractivity contribution in [3.05, 3.63) is 47.8 Å². The molecular formula is C17H19N5O. The van der Waals surface area contributed by atoms with E-state index in [1.807, 2.05) is 36.0 Å². The van der Waals surface area contributed by atoms with Gasteiger partial charge in [0.05, 0.1) is 30.2 Å². The normalized spacial score (nSPS) is 21.2. The zero-order valence-electron chi connectivity index (χ0n) is 13.2. The number of nitrogens with zero attached hydrogens (tertiary/aromatic N) is 4. The van der Waals surface area contributed by atoms with Crippen molar-refractivity contribution in [2.45, 2.75) is 24.9 Å². The summed E-state index contributed by atoms with van der Waals surface area (Å²) in [6, 6.07) is 8.67. The molecule has 1 saturated heterocycles. The maximum absolute atomic E-state index is 12.7. The standard InChI is InChI=1S/C17H19N5O/c1-21(2)16-18-9-11(10-19-16)20-17(23)22-14-7-8-15(22)13-6-4-3-5-12(13)14/h3-6,9-10,14-15H,7-8H2,1-2H3,(H,20,23). The van der Waals surface area contributed by atoms with Gasteiger partial charge < -0.3 is 15.1 Å². The first-order chi connectivity index (χ1) is 11.1. The highest BCUT2D eigenvalue weighted by Crippen LogP contribution is 2.52. The summed E-state index contributed by atoms with van der Waals surface area (Å²) in [4.78, 5) is 25.0. The first kappa shape index (κ1) is 14.0. The number of urea groups is 1. The molecule has 3 heterocycles. The minimum atomic E-state index is -0.0742. The van der Waals surface area contributed by atoms with Crippen molar-refractivity contribution in [3.8, 4) is 0 Å². The van der Waals surface area contributed by atoms with Crippen LogP contribution in [0.4, 0.5) is 16.4 Å². The fraction of sp³-hybridized carbons (Fsp3) is 0.353. The van der Waals surface area contributed by atoms with Crippen molar-refractivity contribution >= 4 is 17.7 Å². The van der Waals surface area contributed by atoms with E-state index >= 15 is 0 Å². The van der Waals surface area contributed by atoms with E-state index in [4.69, 9.17) is 0 Å². The highest BCUT2D eigenvalue weighted by molar-refractivity contribution is 5.90. The lowest BCUT2D eigenvalue weighted by Crippen LogP contribution is -2.32. The van der Waals surface area contributed by atoms with Crippen LogP contribution in [0, 0.1) is 0 Å². The van der Waals surface area contributed by atoms with Crippen LogP contribution in [-0.2, 0) is 0 Å². The molecule has 4 rings (SSSR count). The highest BCUT2D eigenvalue weighted by atomic mass is 16.2. The van der Waals surface area contributed by atoms with Gasteiger partial charge in [0.2, 0.25) is 5.95 Å². The van der Waals surface area contributed by atoms with Gasteiger partial charge in [0, 0.05) is 14.1 Å². The van der Waals surface area contributed by atoms with Crippen LogP contribution in [0.5, 0.6) is 0 Å². The summed E-state index contributed by atoms with van der Waals surface area (Å²) in [6.45, 7) is 0. The second-order valence-electron chi connectivity index (χ2n) is 6.24. The van der Waals surface area contributed by atoms with Gasteiger partial charge >= 0.3 is 6.03 Å². The molecule has 2 amide bonds. The molecule has 0 radical (unpaired) electrons. The number of aromatic nitrogens is 2. The van der Waals surface area contributed by atoms with Gasteiger partial charge in [0.25, 0.3) is 0 Å². The largest absolute Gasteiger partial charge is 0.347 e. The molecule has 1 aromatic heterocycles. The number of nitrogens with one attached hydrogen (secondary N) is 1. The molecule has 6 nitrogen and oxygen atoms in total. The summed E-state index contributed by atoms with van der Waals surface area (Å²) in [5.41, 5.74) is 3.20. The fourth-order valence-corrected chi connectivity index (χ4v) is 3.63. The van der Waals surface area contributed by atoms with E-state index in [9.17, 15) is 4.79 Å². The summed E-state index contributed by atoms with van der Waals surface area (Å²) in [6.07, 6.45) is 5.35. The number of hydrogen-bond donors (Lipinski definition) is 1. The molecule has 6 heteroatoms. The van der Waals surface area contributed by atoms with Crippen LogP contribution in [0.1, 0.15) is 36.1 Å². The Hall–Kier alpha value is -2.63. The van der Waals surface area contributed by atoms with E-state index in [0.717, 1.165) is 12.8 Å². The first-order valence-corrected chi connectivity index (χ1v) is 7.82. The SMILES string of the molecule is CN(C)c1ncc(NC(=O)N2C3CCC2c2ccccc23)cn1. The first-order valence-electron chi connectivity index (χ1n) is 7.82. The van der Waals surface area contributed by atoms with Gasteiger partial charge in [-0.25, -0.2) is 14.8 Å². The summed E-state index contributed by atoms with van der Waals surface area (Å²) in [5, 5.41) is 2.93. The molecule has 2 aliphatic rings. The van der Waals surface area contributed by atoms with Crippen molar-refractivity contribution in [1.82, 2.24) is 14.9 Å². The summed E-state index contributed by atoms with van der Waals surface area (Å²) < 4.78 is 0. The molecule has 2 unspecified atom stereocenters. The molecule has 2 aliphatic heterocycles. The summed E-state index contributed by atoms with van der Waals surface area (Å²) in [5.74, 6) is 0.622. The van der Waals surface area contributed by atoms with Crippen molar-refractivity contribution in [2.75, 3.05) is 24.3 Å². The molecule has 0 spiro atoms. The summed E-state index contributed by atoms with van der Waals surface area (Å²) >= 11 is 0. The Morgan fingerprint density at radius 1 is 1.13 bits per heavy atom. The third-order valence-corrected chi connectivity index (χ3v) is 4.62. The van der Waals surface area contributed by atoms with Crippen LogP contribution >= 0.6 is 0 Å². The number of benzene rings is 1. The van der Waals surface area contributed by atoms with Crippen molar-refractivity contribution in [1.29, 1.82) is 0 Å². The third-order valence-electron chi connectivity index (χ3n) is 4.62. The van der Waals surface area contributed by atoms with Gasteiger partial charge in [-0.15, -0.1) is 0 Å². The van der Waals surface area contributed by atoms with E-state index in [-0.39, 0.29) is 18.1 Å². The number of anilines is 2. The molecule has 0 aliphatic carbocycles. The Morgan fingerprint density at radius 3 is 2.22 bits per heavy atom. The average Bonchev–Trinajstić information content (AvgIpc) is 3.13. The van der Waals surface area contributed by atoms with Gasteiger partial charge in [-0.1, -0.05) is 24.3 Å². The molecule has 1 N–H and O–H groups in total. The lowest BCUT2D eigenvalue weighted by Gasteiger charge is -2.23. The topological polar surface area (TPSA) is 61.4 Å². The molecule has 1 aromatic carbocycles. The number of carbonyl (C=O) groups excluding carboxylic acids is 1. The van der Waals surface area contributed by atoms with Gasteiger partial charge in [0.1, 0.15) is 0 Å². The average molecular weight is 309 g/mol. The minimum Gasteiger partial charge on any atom is -0.347 e. The second-order valence-corrected chi connectivity index (χ2v) is 6.24. The minimum absolute atomic E-state index is 0.0742. The number of hydrogen-bond acceptors (Lipinski definition) is 4. The van der Waals surface area contributed by atoms with Crippen LogP contribution in [-0.4, -0.2) is 35.0 Å². The van der Waals surface area contributed by atoms with Crippen LogP contribution in [0.3, 0.4) is 0 Å². The monoisotopic (exact) mass is 309 g/mol. The van der Waals surface area contributed by atoms with Gasteiger partial charge in [-0.2, -0.15) is 0 Å². The van der Waals surface area contributed by atoms with Crippen LogP contribution in [0.2, 0.25) is 0 Å². The number of carbonyl (C=O) groups is 1. The Morgan fingerprint density at radius 2 is 1.70 bits per heavy atom. The fourth-order valence-electron chi connectivity index (χ4n) is 3.63. The van der Waals surface area contributed by atoms with E-state index in [2.05, 4.69) is 27.4 Å². The number of fused-ring (bicyclic) bond motifs is 5. The molecule has 118 valence electrons. The number of rotatable bonds is 2. The quantitative estimate of drug-likeness (QED) is 0.926. The van der Waals surface area contributed by atoms with E-state index in [1.54, 1.807) is 12.4 Å². The molecule has 2 atom stereocenters. The van der Waals surface area contributed by atoms with E-state index in [1.165, 1.54) is 11.1 Å². The van der Waals surface area contributed by atoms with Crippen LogP contribution in [0.15, 0.2) is 36.7 Å². The second kappa shape index (κ2) is 5.22. The van der Waals surface area contributed by atoms with Crippen molar-refractivity contribution < 1.29 is 4.79 Å². The summed E-state index contributed by atoms with van der Waals surface area (Å²) in [7, 11) is 3.76. The molecular weight excluding hydrogens is 290 g/mol. The zero-order valence-corrected chi connectivity index (χ0v) is 13.2. The zero-order chi connectivity index (χ0) is 16.0. The predicted octanol–water partition coefficient (Wildman–Crippen LogP) is 2.97. The van der Waals surface area contributed by atoms with Crippen molar-refractivity contribution in [2.24, 2.45) is 0 Å². The third kappa shape index (κ3) is 2.21. The highest BCUT2D eigenvalue weighted by Gasteiger charge is 2.46. The number of amides is 2. The maximum atomic E-state index is 12.7. The predicted molar refractivity (Wildman–Crippen MR) is 88.4 cm³/mol. The van der Waals surface area contributed by atoms with E-state index < -0.39 is 0 Å². The smallest absolute Gasteiger partial charge is 0.322 e. The maximum Gasteiger partial charge on any atom is 0.322 e. The Balaban J connectivity index is 1.53.